The number of fused-ring (bicyclic) bond motifs is 1. The zero-order valence-corrected chi connectivity index (χ0v) is 11.4. The second-order valence-electron chi connectivity index (χ2n) is 5.31. The van der Waals surface area contributed by atoms with Crippen LogP contribution < -0.4 is 0 Å². The summed E-state index contributed by atoms with van der Waals surface area (Å²) in [4.78, 5) is 11.9. The van der Waals surface area contributed by atoms with Gasteiger partial charge in [-0.3, -0.25) is 4.79 Å². The standard InChI is InChI=1S/C18H16O3/c19-12-18(17(20)21)11-10-13-6-4-5-9-15(13)16(18)14-7-2-1-3-8-14/h1-11,16,19H,12H2,(H,20,21). The summed E-state index contributed by atoms with van der Waals surface area (Å²) >= 11 is 0. The van der Waals surface area contributed by atoms with Crippen LogP contribution in [-0.2, 0) is 4.79 Å². The number of hydrogen-bond acceptors (Lipinski definition) is 2. The average molecular weight is 280 g/mol. The normalized spacial score (nSPS) is 23.6. The van der Waals surface area contributed by atoms with Gasteiger partial charge in [0.1, 0.15) is 5.41 Å². The SMILES string of the molecule is O=C(O)C1(CO)C=Cc2ccccc2C1c1ccccc1. The first kappa shape index (κ1) is 13.6. The fourth-order valence-electron chi connectivity index (χ4n) is 3.07. The van der Waals surface area contributed by atoms with E-state index in [1.807, 2.05) is 54.6 Å². The summed E-state index contributed by atoms with van der Waals surface area (Å²) in [5.41, 5.74) is 1.50. The molecule has 3 rings (SSSR count). The Labute approximate surface area is 123 Å². The Hall–Kier alpha value is -2.39. The fraction of sp³-hybridized carbons (Fsp3) is 0.167. The van der Waals surface area contributed by atoms with Crippen molar-refractivity contribution in [2.24, 2.45) is 5.41 Å². The first-order valence-electron chi connectivity index (χ1n) is 6.86. The van der Waals surface area contributed by atoms with Gasteiger partial charge < -0.3 is 10.2 Å². The third-order valence-electron chi connectivity index (χ3n) is 4.18. The molecule has 2 atom stereocenters. The Morgan fingerprint density at radius 3 is 2.38 bits per heavy atom. The summed E-state index contributed by atoms with van der Waals surface area (Å²) in [7, 11) is 0. The van der Waals surface area contributed by atoms with E-state index in [1.165, 1.54) is 0 Å². The van der Waals surface area contributed by atoms with Gasteiger partial charge in [-0.05, 0) is 16.7 Å². The molecule has 2 N–H and O–H groups in total. The molecule has 0 fully saturated rings. The second kappa shape index (κ2) is 5.19. The van der Waals surface area contributed by atoms with Gasteiger partial charge in [-0.1, -0.05) is 66.7 Å². The molecule has 1 aliphatic carbocycles. The summed E-state index contributed by atoms with van der Waals surface area (Å²) in [5.74, 6) is -1.41. The zero-order valence-electron chi connectivity index (χ0n) is 11.4. The van der Waals surface area contributed by atoms with E-state index in [-0.39, 0.29) is 0 Å². The van der Waals surface area contributed by atoms with Gasteiger partial charge in [0.25, 0.3) is 0 Å². The molecule has 0 saturated heterocycles. The van der Waals surface area contributed by atoms with Gasteiger partial charge in [-0.15, -0.1) is 0 Å². The second-order valence-corrected chi connectivity index (χ2v) is 5.31. The molecule has 1 aliphatic rings. The molecule has 0 saturated carbocycles. The topological polar surface area (TPSA) is 57.5 Å². The van der Waals surface area contributed by atoms with Gasteiger partial charge in [0.2, 0.25) is 0 Å². The predicted octanol–water partition coefficient (Wildman–Crippen LogP) is 2.91. The van der Waals surface area contributed by atoms with Crippen LogP contribution in [0.15, 0.2) is 60.7 Å². The monoisotopic (exact) mass is 280 g/mol. The number of benzene rings is 2. The van der Waals surface area contributed by atoms with Crippen LogP contribution in [0.2, 0.25) is 0 Å². The maximum atomic E-state index is 11.9. The number of hydrogen-bond donors (Lipinski definition) is 2. The van der Waals surface area contributed by atoms with Crippen LogP contribution in [0.5, 0.6) is 0 Å². The molecule has 0 heterocycles. The minimum Gasteiger partial charge on any atom is -0.481 e. The van der Waals surface area contributed by atoms with E-state index in [1.54, 1.807) is 12.2 Å². The fourth-order valence-corrected chi connectivity index (χ4v) is 3.07. The van der Waals surface area contributed by atoms with E-state index >= 15 is 0 Å². The van der Waals surface area contributed by atoms with E-state index < -0.39 is 23.9 Å². The predicted molar refractivity (Wildman–Crippen MR) is 80.9 cm³/mol. The van der Waals surface area contributed by atoms with E-state index in [4.69, 9.17) is 0 Å². The smallest absolute Gasteiger partial charge is 0.316 e. The van der Waals surface area contributed by atoms with E-state index in [2.05, 4.69) is 0 Å². The quantitative estimate of drug-likeness (QED) is 0.909. The molecule has 21 heavy (non-hydrogen) atoms. The van der Waals surface area contributed by atoms with Crippen LogP contribution in [0.3, 0.4) is 0 Å². The minimum absolute atomic E-state index is 0.401. The molecule has 2 unspecified atom stereocenters. The molecule has 0 aliphatic heterocycles. The Balaban J connectivity index is 2.26. The molecule has 106 valence electrons. The van der Waals surface area contributed by atoms with Gasteiger partial charge in [-0.25, -0.2) is 0 Å². The lowest BCUT2D eigenvalue weighted by Gasteiger charge is -2.37. The highest BCUT2D eigenvalue weighted by Gasteiger charge is 2.47. The van der Waals surface area contributed by atoms with Crippen molar-refractivity contribution in [3.63, 3.8) is 0 Å². The van der Waals surface area contributed by atoms with Crippen LogP contribution in [0.1, 0.15) is 22.6 Å². The molecule has 0 bridgehead atoms. The third-order valence-corrected chi connectivity index (χ3v) is 4.18. The number of aliphatic carboxylic acids is 1. The molecular formula is C18H16O3. The number of aliphatic hydroxyl groups is 1. The summed E-state index contributed by atoms with van der Waals surface area (Å²) < 4.78 is 0. The lowest BCUT2D eigenvalue weighted by atomic mass is 9.65. The van der Waals surface area contributed by atoms with Crippen molar-refractivity contribution < 1.29 is 15.0 Å². The van der Waals surface area contributed by atoms with Gasteiger partial charge >= 0.3 is 5.97 Å². The van der Waals surface area contributed by atoms with Gasteiger partial charge in [-0.2, -0.15) is 0 Å². The number of carbonyl (C=O) groups is 1. The van der Waals surface area contributed by atoms with Gasteiger partial charge in [0.05, 0.1) is 6.61 Å². The van der Waals surface area contributed by atoms with Gasteiger partial charge in [0.15, 0.2) is 0 Å². The molecule has 3 nitrogen and oxygen atoms in total. The van der Waals surface area contributed by atoms with Crippen LogP contribution in [0.4, 0.5) is 0 Å². The van der Waals surface area contributed by atoms with Crippen molar-refractivity contribution in [2.75, 3.05) is 6.61 Å². The van der Waals surface area contributed by atoms with Crippen LogP contribution >= 0.6 is 0 Å². The van der Waals surface area contributed by atoms with Crippen molar-refractivity contribution in [3.05, 3.63) is 77.4 Å². The Kier molecular flexibility index (Phi) is 3.35. The summed E-state index contributed by atoms with van der Waals surface area (Å²) in [5, 5.41) is 19.6. The Bertz CT molecular complexity index is 691. The highest BCUT2D eigenvalue weighted by Crippen LogP contribution is 2.47. The van der Waals surface area contributed by atoms with Crippen molar-refractivity contribution in [3.8, 4) is 0 Å². The molecule has 0 amide bonds. The van der Waals surface area contributed by atoms with Crippen LogP contribution in [-0.4, -0.2) is 22.8 Å². The zero-order chi connectivity index (χ0) is 14.9. The number of carboxylic acid groups (broad SMARTS) is 1. The van der Waals surface area contributed by atoms with Crippen molar-refractivity contribution >= 4 is 12.0 Å². The first-order chi connectivity index (χ1) is 10.2. The largest absolute Gasteiger partial charge is 0.481 e. The highest BCUT2D eigenvalue weighted by molar-refractivity contribution is 5.84. The van der Waals surface area contributed by atoms with Crippen molar-refractivity contribution in [2.45, 2.75) is 5.92 Å². The van der Waals surface area contributed by atoms with E-state index in [0.29, 0.717) is 0 Å². The Morgan fingerprint density at radius 2 is 1.71 bits per heavy atom. The average Bonchev–Trinajstić information content (AvgIpc) is 2.54. The van der Waals surface area contributed by atoms with Crippen molar-refractivity contribution in [1.29, 1.82) is 0 Å². The van der Waals surface area contributed by atoms with Gasteiger partial charge in [0, 0.05) is 5.92 Å². The molecule has 2 aromatic carbocycles. The van der Waals surface area contributed by atoms with Crippen LogP contribution in [0.25, 0.3) is 6.08 Å². The van der Waals surface area contributed by atoms with Crippen LogP contribution in [0, 0.1) is 5.41 Å². The third kappa shape index (κ3) is 2.06. The highest BCUT2D eigenvalue weighted by atomic mass is 16.4. The number of rotatable bonds is 3. The molecule has 0 spiro atoms. The lowest BCUT2D eigenvalue weighted by molar-refractivity contribution is -0.148. The first-order valence-corrected chi connectivity index (χ1v) is 6.86. The molecule has 0 radical (unpaired) electrons. The van der Waals surface area contributed by atoms with Crippen molar-refractivity contribution in [1.82, 2.24) is 0 Å². The Morgan fingerprint density at radius 1 is 1.05 bits per heavy atom. The minimum atomic E-state index is -1.32. The van der Waals surface area contributed by atoms with E-state index in [0.717, 1.165) is 16.7 Å². The number of carboxylic acids is 1. The molecular weight excluding hydrogens is 264 g/mol. The summed E-state index contributed by atoms with van der Waals surface area (Å²) in [6, 6.07) is 17.2. The summed E-state index contributed by atoms with van der Waals surface area (Å²) in [6.45, 7) is -0.438. The lowest BCUT2D eigenvalue weighted by Crippen LogP contribution is -2.41. The molecule has 2 aromatic rings. The molecule has 0 aromatic heterocycles. The molecule has 3 heteroatoms. The summed E-state index contributed by atoms with van der Waals surface area (Å²) in [6.07, 6.45) is 3.41. The van der Waals surface area contributed by atoms with E-state index in [9.17, 15) is 15.0 Å². The maximum absolute atomic E-state index is 11.9. The number of aliphatic hydroxyl groups excluding tert-OH is 1. The maximum Gasteiger partial charge on any atom is 0.316 e.